The summed E-state index contributed by atoms with van der Waals surface area (Å²) in [5.41, 5.74) is 5.99. The Kier molecular flexibility index (Phi) is 5.08. The van der Waals surface area contributed by atoms with Crippen LogP contribution in [-0.4, -0.2) is 15.7 Å². The number of amides is 1. The van der Waals surface area contributed by atoms with Gasteiger partial charge in [-0.25, -0.2) is 5.84 Å². The Bertz CT molecular complexity index is 919. The number of aryl methyl sites for hydroxylation is 1. The summed E-state index contributed by atoms with van der Waals surface area (Å²) in [6, 6.07) is 14.8. The van der Waals surface area contributed by atoms with Crippen LogP contribution in [0.25, 0.3) is 11.3 Å². The van der Waals surface area contributed by atoms with E-state index in [1.807, 2.05) is 31.2 Å². The number of hydrogen-bond acceptors (Lipinski definition) is 3. The molecule has 0 saturated carbocycles. The van der Waals surface area contributed by atoms with Gasteiger partial charge in [0.2, 0.25) is 0 Å². The molecule has 1 aromatic heterocycles. The standard InChI is InChI=1S/C18H16Cl2N4O/c1-11-2-4-12(5-3-11)16-9-17(18(25)22-21)24(23-16)10-13-8-14(19)6-7-15(13)20/h2-9H,10,21H2,1H3,(H,22,25). The highest BCUT2D eigenvalue weighted by atomic mass is 35.5. The SMILES string of the molecule is Cc1ccc(-c2cc(C(=O)NN)n(Cc3cc(Cl)ccc3Cl)n2)cc1. The smallest absolute Gasteiger partial charge is 0.283 e. The normalized spacial score (nSPS) is 10.7. The Hall–Kier alpha value is -2.34. The molecule has 0 aliphatic rings. The second-order valence-corrected chi connectivity index (χ2v) is 6.49. The summed E-state index contributed by atoms with van der Waals surface area (Å²) in [6.07, 6.45) is 0. The van der Waals surface area contributed by atoms with Crippen molar-refractivity contribution < 1.29 is 4.79 Å². The lowest BCUT2D eigenvalue weighted by Crippen LogP contribution is -2.32. The van der Waals surface area contributed by atoms with Crippen molar-refractivity contribution in [2.75, 3.05) is 0 Å². The molecule has 3 aromatic rings. The number of rotatable bonds is 4. The average molecular weight is 375 g/mol. The van der Waals surface area contributed by atoms with Gasteiger partial charge in [-0.3, -0.25) is 14.9 Å². The van der Waals surface area contributed by atoms with Gasteiger partial charge in [-0.15, -0.1) is 0 Å². The fourth-order valence-corrected chi connectivity index (χ4v) is 2.86. The van der Waals surface area contributed by atoms with Crippen molar-refractivity contribution in [3.8, 4) is 11.3 Å². The second-order valence-electron chi connectivity index (χ2n) is 5.65. The first kappa shape index (κ1) is 17.5. The van der Waals surface area contributed by atoms with Gasteiger partial charge in [-0.2, -0.15) is 5.10 Å². The topological polar surface area (TPSA) is 72.9 Å². The highest BCUT2D eigenvalue weighted by Gasteiger charge is 2.17. The van der Waals surface area contributed by atoms with Gasteiger partial charge >= 0.3 is 0 Å². The van der Waals surface area contributed by atoms with E-state index in [9.17, 15) is 4.79 Å². The zero-order chi connectivity index (χ0) is 18.0. The van der Waals surface area contributed by atoms with Crippen molar-refractivity contribution >= 4 is 29.1 Å². The van der Waals surface area contributed by atoms with Crippen LogP contribution in [0.5, 0.6) is 0 Å². The van der Waals surface area contributed by atoms with Gasteiger partial charge in [0.05, 0.1) is 12.2 Å². The van der Waals surface area contributed by atoms with E-state index >= 15 is 0 Å². The minimum Gasteiger partial charge on any atom is -0.289 e. The van der Waals surface area contributed by atoms with E-state index in [2.05, 4.69) is 10.5 Å². The van der Waals surface area contributed by atoms with Gasteiger partial charge in [-0.05, 0) is 36.8 Å². The lowest BCUT2D eigenvalue weighted by Gasteiger charge is -2.08. The number of nitrogens with zero attached hydrogens (tertiary/aromatic N) is 2. The number of hydrogen-bond donors (Lipinski definition) is 2. The van der Waals surface area contributed by atoms with Crippen LogP contribution in [-0.2, 0) is 6.54 Å². The minimum atomic E-state index is -0.427. The number of nitrogens with one attached hydrogen (secondary N) is 1. The van der Waals surface area contributed by atoms with E-state index in [0.29, 0.717) is 28.0 Å². The molecule has 0 fully saturated rings. The highest BCUT2D eigenvalue weighted by Crippen LogP contribution is 2.24. The highest BCUT2D eigenvalue weighted by molar-refractivity contribution is 6.33. The van der Waals surface area contributed by atoms with Crippen LogP contribution in [0.2, 0.25) is 10.0 Å². The first-order valence-corrected chi connectivity index (χ1v) is 8.33. The van der Waals surface area contributed by atoms with Crippen LogP contribution in [0.1, 0.15) is 21.6 Å². The lowest BCUT2D eigenvalue weighted by molar-refractivity contribution is 0.0943. The molecule has 0 aliphatic heterocycles. The van der Waals surface area contributed by atoms with Crippen molar-refractivity contribution in [3.05, 3.63) is 75.4 Å². The minimum absolute atomic E-state index is 0.300. The molecule has 0 bridgehead atoms. The number of nitrogen functional groups attached to an aromatic ring is 1. The Balaban J connectivity index is 2.03. The van der Waals surface area contributed by atoms with Gasteiger partial charge in [0.15, 0.2) is 0 Å². The summed E-state index contributed by atoms with van der Waals surface area (Å²) in [7, 11) is 0. The first-order chi connectivity index (χ1) is 12.0. The monoisotopic (exact) mass is 374 g/mol. The van der Waals surface area contributed by atoms with Crippen molar-refractivity contribution in [1.82, 2.24) is 15.2 Å². The quantitative estimate of drug-likeness (QED) is 0.414. The van der Waals surface area contributed by atoms with Gasteiger partial charge in [0, 0.05) is 15.6 Å². The van der Waals surface area contributed by atoms with E-state index in [0.717, 1.165) is 16.7 Å². The number of aromatic nitrogens is 2. The zero-order valence-corrected chi connectivity index (χ0v) is 15.0. The van der Waals surface area contributed by atoms with Crippen LogP contribution < -0.4 is 11.3 Å². The summed E-state index contributed by atoms with van der Waals surface area (Å²) in [6.45, 7) is 2.31. The van der Waals surface area contributed by atoms with E-state index in [1.54, 1.807) is 28.9 Å². The van der Waals surface area contributed by atoms with E-state index in [-0.39, 0.29) is 0 Å². The maximum absolute atomic E-state index is 12.1. The Morgan fingerprint density at radius 2 is 1.88 bits per heavy atom. The van der Waals surface area contributed by atoms with Gasteiger partial charge in [0.1, 0.15) is 5.69 Å². The second kappa shape index (κ2) is 7.27. The largest absolute Gasteiger partial charge is 0.289 e. The maximum atomic E-state index is 12.1. The molecule has 0 radical (unpaired) electrons. The van der Waals surface area contributed by atoms with E-state index in [1.165, 1.54) is 0 Å². The molecule has 25 heavy (non-hydrogen) atoms. The van der Waals surface area contributed by atoms with Crippen molar-refractivity contribution in [1.29, 1.82) is 0 Å². The van der Waals surface area contributed by atoms with Crippen molar-refractivity contribution in [2.24, 2.45) is 5.84 Å². The zero-order valence-electron chi connectivity index (χ0n) is 13.5. The lowest BCUT2D eigenvalue weighted by atomic mass is 10.1. The molecule has 0 unspecified atom stereocenters. The van der Waals surface area contributed by atoms with Crippen LogP contribution in [0.15, 0.2) is 48.5 Å². The van der Waals surface area contributed by atoms with Crippen LogP contribution in [0, 0.1) is 6.92 Å². The molecule has 0 aliphatic carbocycles. The molecule has 3 N–H and O–H groups in total. The number of halogens is 2. The van der Waals surface area contributed by atoms with Gasteiger partial charge in [0.25, 0.3) is 5.91 Å². The summed E-state index contributed by atoms with van der Waals surface area (Å²) in [5.74, 6) is 4.87. The molecule has 3 rings (SSSR count). The number of carbonyl (C=O) groups excluding carboxylic acids is 1. The average Bonchev–Trinajstić information content (AvgIpc) is 3.02. The molecule has 1 amide bonds. The third-order valence-corrected chi connectivity index (χ3v) is 4.42. The molecule has 7 heteroatoms. The summed E-state index contributed by atoms with van der Waals surface area (Å²) >= 11 is 12.3. The van der Waals surface area contributed by atoms with Gasteiger partial charge < -0.3 is 0 Å². The van der Waals surface area contributed by atoms with Crippen molar-refractivity contribution in [3.63, 3.8) is 0 Å². The molecule has 128 valence electrons. The molecule has 5 nitrogen and oxygen atoms in total. The summed E-state index contributed by atoms with van der Waals surface area (Å²) in [5, 5.41) is 5.66. The maximum Gasteiger partial charge on any atom is 0.283 e. The molecule has 2 aromatic carbocycles. The number of nitrogens with two attached hydrogens (primary N) is 1. The predicted molar refractivity (Wildman–Crippen MR) is 99.6 cm³/mol. The molecule has 0 spiro atoms. The predicted octanol–water partition coefficient (Wildman–Crippen LogP) is 3.82. The Labute approximate surface area is 155 Å². The number of carbonyl (C=O) groups is 1. The summed E-state index contributed by atoms with van der Waals surface area (Å²) < 4.78 is 1.56. The Morgan fingerprint density at radius 3 is 2.56 bits per heavy atom. The van der Waals surface area contributed by atoms with Crippen LogP contribution >= 0.6 is 23.2 Å². The van der Waals surface area contributed by atoms with Crippen molar-refractivity contribution in [2.45, 2.75) is 13.5 Å². The molecular formula is C18H16Cl2N4O. The number of hydrazine groups is 1. The molecular weight excluding hydrogens is 359 g/mol. The third-order valence-electron chi connectivity index (χ3n) is 3.82. The van der Waals surface area contributed by atoms with Gasteiger partial charge in [-0.1, -0.05) is 53.0 Å². The first-order valence-electron chi connectivity index (χ1n) is 7.57. The Morgan fingerprint density at radius 1 is 1.16 bits per heavy atom. The molecule has 1 heterocycles. The van der Waals surface area contributed by atoms with Crippen LogP contribution in [0.4, 0.5) is 0 Å². The van der Waals surface area contributed by atoms with E-state index < -0.39 is 5.91 Å². The van der Waals surface area contributed by atoms with Crippen LogP contribution in [0.3, 0.4) is 0 Å². The molecule has 0 atom stereocenters. The third kappa shape index (κ3) is 3.85. The fraction of sp³-hybridized carbons (Fsp3) is 0.111. The summed E-state index contributed by atoms with van der Waals surface area (Å²) in [4.78, 5) is 12.1. The fourth-order valence-electron chi connectivity index (χ4n) is 2.49. The van der Waals surface area contributed by atoms with E-state index in [4.69, 9.17) is 29.0 Å². The molecule has 0 saturated heterocycles. The number of benzene rings is 2.